The summed E-state index contributed by atoms with van der Waals surface area (Å²) >= 11 is 0. The minimum atomic E-state index is -2.04. The summed E-state index contributed by atoms with van der Waals surface area (Å²) in [5.41, 5.74) is 2.05. The average Bonchev–Trinajstić information content (AvgIpc) is 3.36. The molecule has 1 aliphatic carbocycles. The van der Waals surface area contributed by atoms with E-state index in [2.05, 4.69) is 18.4 Å². The highest BCUT2D eigenvalue weighted by atomic mass is 19.1. The molecule has 0 saturated heterocycles. The summed E-state index contributed by atoms with van der Waals surface area (Å²) in [6.45, 7) is 8.65. The molecule has 1 aliphatic heterocycles. The Bertz CT molecular complexity index is 1630. The Labute approximate surface area is 245 Å². The van der Waals surface area contributed by atoms with Crippen molar-refractivity contribution in [1.82, 2.24) is 4.57 Å². The molecule has 220 valence electrons. The Balaban J connectivity index is 1.57. The van der Waals surface area contributed by atoms with E-state index in [-0.39, 0.29) is 25.3 Å². The van der Waals surface area contributed by atoms with Crippen LogP contribution >= 0.6 is 0 Å². The number of halogens is 2. The summed E-state index contributed by atoms with van der Waals surface area (Å²) in [7, 11) is 0. The summed E-state index contributed by atoms with van der Waals surface area (Å²) in [6.07, 6.45) is 0.641. The number of esters is 1. The maximum atomic E-state index is 15.9. The smallest absolute Gasteiger partial charge is 0.343 e. The van der Waals surface area contributed by atoms with Crippen LogP contribution in [0.25, 0.3) is 16.6 Å². The summed E-state index contributed by atoms with van der Waals surface area (Å²) in [5, 5.41) is 0.903. The van der Waals surface area contributed by atoms with Gasteiger partial charge in [0.15, 0.2) is 0 Å². The molecule has 3 aromatic carbocycles. The fourth-order valence-electron chi connectivity index (χ4n) is 6.65. The molecule has 0 bridgehead atoms. The van der Waals surface area contributed by atoms with E-state index in [4.69, 9.17) is 14.2 Å². The second kappa shape index (κ2) is 10.5. The normalized spacial score (nSPS) is 23.1. The van der Waals surface area contributed by atoms with Crippen molar-refractivity contribution < 1.29 is 27.8 Å². The zero-order valence-electron chi connectivity index (χ0n) is 24.6. The Morgan fingerprint density at radius 3 is 2.43 bits per heavy atom. The van der Waals surface area contributed by atoms with E-state index in [1.807, 2.05) is 54.6 Å². The van der Waals surface area contributed by atoms with Crippen LogP contribution in [-0.2, 0) is 31.9 Å². The maximum Gasteiger partial charge on any atom is 0.343 e. The van der Waals surface area contributed by atoms with Gasteiger partial charge in [0.2, 0.25) is 5.67 Å². The topological polar surface area (TPSA) is 49.7 Å². The summed E-state index contributed by atoms with van der Waals surface area (Å²) < 4.78 is 50.8. The van der Waals surface area contributed by atoms with Crippen molar-refractivity contribution in [3.8, 4) is 11.4 Å². The second-order valence-electron chi connectivity index (χ2n) is 12.3. The van der Waals surface area contributed by atoms with Crippen molar-refractivity contribution in [3.05, 3.63) is 94.9 Å². The summed E-state index contributed by atoms with van der Waals surface area (Å²) in [6, 6.07) is 21.1. The molecule has 7 heteroatoms. The number of ether oxygens (including phenoxy) is 3. The number of aryl methyl sites for hydroxylation is 1. The molecule has 0 amide bonds. The van der Waals surface area contributed by atoms with Crippen molar-refractivity contribution >= 4 is 16.9 Å². The van der Waals surface area contributed by atoms with Crippen molar-refractivity contribution in [2.24, 2.45) is 0 Å². The molecule has 1 aromatic heterocycles. The highest BCUT2D eigenvalue weighted by Crippen LogP contribution is 2.56. The van der Waals surface area contributed by atoms with Gasteiger partial charge in [-0.3, -0.25) is 0 Å². The lowest BCUT2D eigenvalue weighted by Gasteiger charge is -2.48. The number of alkyl halides is 1. The van der Waals surface area contributed by atoms with Crippen LogP contribution in [0.15, 0.2) is 66.7 Å². The van der Waals surface area contributed by atoms with Crippen LogP contribution < -0.4 is 4.74 Å². The molecule has 1 fully saturated rings. The predicted molar refractivity (Wildman–Crippen MR) is 158 cm³/mol. The molecule has 42 heavy (non-hydrogen) atoms. The van der Waals surface area contributed by atoms with Gasteiger partial charge in [0.1, 0.15) is 18.2 Å². The van der Waals surface area contributed by atoms with E-state index in [1.54, 1.807) is 19.9 Å². The predicted octanol–water partition coefficient (Wildman–Crippen LogP) is 8.01. The van der Waals surface area contributed by atoms with E-state index in [9.17, 15) is 9.18 Å². The minimum Gasteiger partial charge on any atom is -0.488 e. The van der Waals surface area contributed by atoms with Crippen molar-refractivity contribution in [2.45, 2.75) is 76.7 Å². The number of hydrogen-bond acceptors (Lipinski definition) is 4. The molecule has 6 rings (SSSR count). The van der Waals surface area contributed by atoms with Gasteiger partial charge in [0, 0.05) is 27.7 Å². The van der Waals surface area contributed by atoms with E-state index in [0.29, 0.717) is 37.4 Å². The first-order valence-corrected chi connectivity index (χ1v) is 14.7. The Morgan fingerprint density at radius 2 is 1.74 bits per heavy atom. The van der Waals surface area contributed by atoms with Gasteiger partial charge in [-0.05, 0) is 81.0 Å². The first-order chi connectivity index (χ1) is 20.1. The van der Waals surface area contributed by atoms with Gasteiger partial charge < -0.3 is 18.8 Å². The van der Waals surface area contributed by atoms with Gasteiger partial charge in [0.25, 0.3) is 0 Å². The number of hydrogen-bond donors (Lipinski definition) is 0. The SMILES string of the molecule is CCOC(=O)[C@]1(F)CC[C@@]2(CC1)OCC(C)(C)c1c2c2c(OCc3ccccc3)cccc2n1-c1ccc(F)c(C)c1. The zero-order valence-corrected chi connectivity index (χ0v) is 24.6. The number of benzene rings is 3. The Morgan fingerprint density at radius 1 is 1.00 bits per heavy atom. The van der Waals surface area contributed by atoms with Crippen LogP contribution in [-0.4, -0.2) is 29.4 Å². The van der Waals surface area contributed by atoms with Crippen LogP contribution in [0, 0.1) is 12.7 Å². The fraction of sp³-hybridized carbons (Fsp3) is 0.400. The molecular formula is C35H37F2NO4. The molecular weight excluding hydrogens is 536 g/mol. The number of nitrogens with zero attached hydrogens (tertiary/aromatic N) is 1. The lowest BCUT2D eigenvalue weighted by atomic mass is 9.68. The molecule has 0 unspecified atom stereocenters. The number of rotatable bonds is 6. The average molecular weight is 574 g/mol. The van der Waals surface area contributed by atoms with Crippen molar-refractivity contribution in [3.63, 3.8) is 0 Å². The molecule has 0 N–H and O–H groups in total. The third kappa shape index (κ3) is 4.68. The number of carbonyl (C=O) groups excluding carboxylic acids is 1. The lowest BCUT2D eigenvalue weighted by molar-refractivity contribution is -0.170. The third-order valence-electron chi connectivity index (χ3n) is 8.89. The molecule has 2 aliphatic rings. The van der Waals surface area contributed by atoms with Gasteiger partial charge in [-0.15, -0.1) is 0 Å². The zero-order chi connectivity index (χ0) is 29.7. The van der Waals surface area contributed by atoms with Crippen LogP contribution in [0.4, 0.5) is 8.78 Å². The van der Waals surface area contributed by atoms with E-state index >= 15 is 4.39 Å². The number of aromatic nitrogens is 1. The standard InChI is InChI=1S/C35H37F2NO4/c1-5-40-32(39)34(37)16-18-35(19-17-34)30-29-27(12-9-13-28(29)41-21-24-10-7-6-8-11-24)38(31(30)33(3,4)22-42-35)25-14-15-26(36)23(2)20-25/h6-15,20H,5,16-19,21-22H2,1-4H3/t34-,35-. The van der Waals surface area contributed by atoms with Crippen LogP contribution in [0.5, 0.6) is 5.75 Å². The first-order valence-electron chi connectivity index (χ1n) is 14.7. The monoisotopic (exact) mass is 573 g/mol. The van der Waals surface area contributed by atoms with E-state index < -0.39 is 22.7 Å². The number of carbonyl (C=O) groups is 1. The maximum absolute atomic E-state index is 15.9. The van der Waals surface area contributed by atoms with E-state index in [1.165, 1.54) is 6.07 Å². The van der Waals surface area contributed by atoms with Gasteiger partial charge in [-0.25, -0.2) is 13.6 Å². The highest BCUT2D eigenvalue weighted by molar-refractivity contribution is 5.94. The van der Waals surface area contributed by atoms with Gasteiger partial charge in [-0.2, -0.15) is 0 Å². The molecule has 5 nitrogen and oxygen atoms in total. The van der Waals surface area contributed by atoms with Gasteiger partial charge in [-0.1, -0.05) is 50.2 Å². The van der Waals surface area contributed by atoms with E-state index in [0.717, 1.165) is 33.4 Å². The highest BCUT2D eigenvalue weighted by Gasteiger charge is 2.55. The van der Waals surface area contributed by atoms with Crippen LogP contribution in [0.1, 0.15) is 68.8 Å². The van der Waals surface area contributed by atoms with Crippen molar-refractivity contribution in [2.75, 3.05) is 13.2 Å². The van der Waals surface area contributed by atoms with Gasteiger partial charge in [0.05, 0.1) is 24.3 Å². The molecule has 1 spiro atoms. The lowest BCUT2D eigenvalue weighted by Crippen LogP contribution is -2.50. The molecule has 4 aromatic rings. The molecule has 1 saturated carbocycles. The second-order valence-corrected chi connectivity index (χ2v) is 12.3. The Hall–Kier alpha value is -3.71. The number of fused-ring (bicyclic) bond motifs is 4. The van der Waals surface area contributed by atoms with Gasteiger partial charge >= 0.3 is 5.97 Å². The molecule has 0 atom stereocenters. The van der Waals surface area contributed by atoms with Crippen LogP contribution in [0.3, 0.4) is 0 Å². The first kappa shape index (κ1) is 28.4. The summed E-state index contributed by atoms with van der Waals surface area (Å²) in [5.74, 6) is -0.360. The van der Waals surface area contributed by atoms with Crippen molar-refractivity contribution in [1.29, 1.82) is 0 Å². The third-order valence-corrected chi connectivity index (χ3v) is 8.89. The largest absolute Gasteiger partial charge is 0.488 e. The van der Waals surface area contributed by atoms with Crippen LogP contribution in [0.2, 0.25) is 0 Å². The minimum absolute atomic E-state index is 0.00106. The quantitative estimate of drug-likeness (QED) is 0.219. The molecule has 0 radical (unpaired) electrons. The Kier molecular flexibility index (Phi) is 7.12. The fourth-order valence-corrected chi connectivity index (χ4v) is 6.65. The summed E-state index contributed by atoms with van der Waals surface area (Å²) in [4.78, 5) is 12.6. The molecule has 2 heterocycles.